The average molecular weight is 500 g/mol. The van der Waals surface area contributed by atoms with Crippen molar-refractivity contribution in [2.24, 2.45) is 5.92 Å². The molecule has 5 rings (SSSR count). The fourth-order valence-corrected chi connectivity index (χ4v) is 5.61. The summed E-state index contributed by atoms with van der Waals surface area (Å²) in [5.74, 6) is 0.493. The van der Waals surface area contributed by atoms with Crippen LogP contribution in [0.1, 0.15) is 25.3 Å². The van der Waals surface area contributed by atoms with Crippen molar-refractivity contribution in [3.8, 4) is 5.75 Å². The van der Waals surface area contributed by atoms with Crippen LogP contribution in [0.25, 0.3) is 10.2 Å². The fourth-order valence-electron chi connectivity index (χ4n) is 4.62. The molecule has 0 spiro atoms. The molecule has 0 bridgehead atoms. The number of anilines is 2. The Morgan fingerprint density at radius 1 is 1.03 bits per heavy atom. The normalized spacial score (nSPS) is 15.6. The Hall–Kier alpha value is -3.71. The Bertz CT molecular complexity index is 1300. The summed E-state index contributed by atoms with van der Waals surface area (Å²) in [6, 6.07) is 25.2. The Morgan fingerprint density at radius 2 is 1.78 bits per heavy atom. The summed E-state index contributed by atoms with van der Waals surface area (Å²) in [5, 5.41) is 0.637. The summed E-state index contributed by atoms with van der Waals surface area (Å²) in [5.41, 5.74) is 2.60. The number of benzene rings is 3. The first-order chi connectivity index (χ1) is 17.6. The molecule has 1 aliphatic rings. The third-order valence-corrected chi connectivity index (χ3v) is 7.44. The molecule has 6 nitrogen and oxygen atoms in total. The first-order valence-electron chi connectivity index (χ1n) is 12.4. The largest absolute Gasteiger partial charge is 0.494 e. The second kappa shape index (κ2) is 10.9. The van der Waals surface area contributed by atoms with Gasteiger partial charge in [0.05, 0.1) is 34.8 Å². The lowest BCUT2D eigenvalue weighted by molar-refractivity contribution is -0.134. The van der Waals surface area contributed by atoms with Crippen LogP contribution in [0.2, 0.25) is 0 Å². The van der Waals surface area contributed by atoms with Crippen molar-refractivity contribution >= 4 is 44.2 Å². The number of para-hydroxylation sites is 1. The van der Waals surface area contributed by atoms with Gasteiger partial charge >= 0.3 is 0 Å². The quantitative estimate of drug-likeness (QED) is 0.320. The third kappa shape index (κ3) is 5.26. The molecule has 1 aromatic heterocycles. The molecule has 4 aromatic rings. The van der Waals surface area contributed by atoms with E-state index in [1.165, 1.54) is 11.3 Å². The first kappa shape index (κ1) is 24.0. The van der Waals surface area contributed by atoms with Crippen molar-refractivity contribution in [2.45, 2.75) is 26.2 Å². The van der Waals surface area contributed by atoms with E-state index in [0.29, 0.717) is 31.2 Å². The smallest absolute Gasteiger partial charge is 0.238 e. The molecule has 0 saturated carbocycles. The Morgan fingerprint density at radius 3 is 2.53 bits per heavy atom. The number of ether oxygens (including phenoxy) is 1. The average Bonchev–Trinajstić information content (AvgIpc) is 3.34. The molecule has 0 aliphatic carbocycles. The molecule has 7 heteroatoms. The number of likely N-dealkylation sites (tertiary alicyclic amines) is 1. The van der Waals surface area contributed by atoms with Gasteiger partial charge in [-0.15, -0.1) is 0 Å². The van der Waals surface area contributed by atoms with Gasteiger partial charge in [0.25, 0.3) is 0 Å². The lowest BCUT2D eigenvalue weighted by Crippen LogP contribution is -2.46. The molecule has 1 saturated heterocycles. The summed E-state index contributed by atoms with van der Waals surface area (Å²) in [4.78, 5) is 35.4. The molecule has 1 fully saturated rings. The first-order valence-corrected chi connectivity index (χ1v) is 13.2. The van der Waals surface area contributed by atoms with Gasteiger partial charge in [0, 0.05) is 13.1 Å². The van der Waals surface area contributed by atoms with E-state index in [1.807, 2.05) is 90.7 Å². The van der Waals surface area contributed by atoms with Crippen LogP contribution in [-0.2, 0) is 16.0 Å². The van der Waals surface area contributed by atoms with Crippen LogP contribution >= 0.6 is 11.3 Å². The topological polar surface area (TPSA) is 62.7 Å². The highest BCUT2D eigenvalue weighted by atomic mass is 32.1. The predicted octanol–water partition coefficient (Wildman–Crippen LogP) is 5.84. The minimum Gasteiger partial charge on any atom is -0.494 e. The molecule has 1 unspecified atom stereocenters. The van der Waals surface area contributed by atoms with E-state index < -0.39 is 0 Å². The van der Waals surface area contributed by atoms with Gasteiger partial charge < -0.3 is 9.64 Å². The minimum absolute atomic E-state index is 0.0320. The molecule has 3 aromatic carbocycles. The van der Waals surface area contributed by atoms with Crippen molar-refractivity contribution in [2.75, 3.05) is 24.6 Å². The highest BCUT2D eigenvalue weighted by Gasteiger charge is 2.33. The zero-order chi connectivity index (χ0) is 24.9. The number of hydrogen-bond acceptors (Lipinski definition) is 5. The van der Waals surface area contributed by atoms with E-state index in [4.69, 9.17) is 9.72 Å². The molecule has 0 radical (unpaired) electrons. The van der Waals surface area contributed by atoms with Gasteiger partial charge in [0.2, 0.25) is 11.8 Å². The van der Waals surface area contributed by atoms with Crippen LogP contribution in [0, 0.1) is 5.92 Å². The summed E-state index contributed by atoms with van der Waals surface area (Å²) < 4.78 is 6.63. The van der Waals surface area contributed by atoms with Crippen molar-refractivity contribution in [3.05, 3.63) is 84.4 Å². The van der Waals surface area contributed by atoms with Gasteiger partial charge in [-0.05, 0) is 61.7 Å². The number of carbonyl (C=O) groups excluding carboxylic acids is 2. The maximum absolute atomic E-state index is 14.0. The van der Waals surface area contributed by atoms with Crippen LogP contribution in [0.5, 0.6) is 5.75 Å². The highest BCUT2D eigenvalue weighted by Crippen LogP contribution is 2.36. The number of fused-ring (bicyclic) bond motifs is 1. The van der Waals surface area contributed by atoms with E-state index in [-0.39, 0.29) is 17.7 Å². The van der Waals surface area contributed by atoms with Crippen molar-refractivity contribution in [1.82, 2.24) is 9.88 Å². The predicted molar refractivity (Wildman–Crippen MR) is 144 cm³/mol. The maximum atomic E-state index is 14.0. The van der Waals surface area contributed by atoms with E-state index in [0.717, 1.165) is 40.1 Å². The highest BCUT2D eigenvalue weighted by molar-refractivity contribution is 7.22. The van der Waals surface area contributed by atoms with E-state index in [1.54, 1.807) is 4.90 Å². The molecule has 2 amide bonds. The third-order valence-electron chi connectivity index (χ3n) is 6.42. The Labute approximate surface area is 215 Å². The molecular weight excluding hydrogens is 470 g/mol. The summed E-state index contributed by atoms with van der Waals surface area (Å²) in [7, 11) is 0. The van der Waals surface area contributed by atoms with E-state index in [9.17, 15) is 9.59 Å². The number of aromatic nitrogens is 1. The number of amides is 2. The van der Waals surface area contributed by atoms with E-state index in [2.05, 4.69) is 0 Å². The lowest BCUT2D eigenvalue weighted by atomic mass is 9.95. The van der Waals surface area contributed by atoms with Gasteiger partial charge in [0.15, 0.2) is 5.13 Å². The van der Waals surface area contributed by atoms with Crippen LogP contribution in [-0.4, -0.2) is 41.4 Å². The second-order valence-corrected chi connectivity index (χ2v) is 9.92. The van der Waals surface area contributed by atoms with Crippen LogP contribution < -0.4 is 9.64 Å². The van der Waals surface area contributed by atoms with Crippen LogP contribution in [0.15, 0.2) is 78.9 Å². The number of piperidine rings is 1. The van der Waals surface area contributed by atoms with E-state index >= 15 is 0 Å². The van der Waals surface area contributed by atoms with Gasteiger partial charge in [-0.1, -0.05) is 53.8 Å². The Balaban J connectivity index is 1.41. The van der Waals surface area contributed by atoms with Crippen LogP contribution in [0.4, 0.5) is 10.8 Å². The molecule has 1 atom stereocenters. The Kier molecular flexibility index (Phi) is 7.28. The van der Waals surface area contributed by atoms with Crippen molar-refractivity contribution in [3.63, 3.8) is 0 Å². The van der Waals surface area contributed by atoms with Gasteiger partial charge in [-0.3, -0.25) is 14.5 Å². The molecule has 2 heterocycles. The van der Waals surface area contributed by atoms with Gasteiger partial charge in [-0.2, -0.15) is 0 Å². The monoisotopic (exact) mass is 499 g/mol. The zero-order valence-electron chi connectivity index (χ0n) is 20.3. The SMILES string of the molecule is CCOc1ccc(N(C(=O)C2CCCN(C(=O)Cc3ccccc3)C2)c2nc3ccccc3s2)cc1. The maximum Gasteiger partial charge on any atom is 0.238 e. The van der Waals surface area contributed by atoms with Gasteiger partial charge in [-0.25, -0.2) is 4.98 Å². The molecule has 36 heavy (non-hydrogen) atoms. The number of hydrogen-bond donors (Lipinski definition) is 0. The summed E-state index contributed by atoms with van der Waals surface area (Å²) >= 11 is 1.50. The van der Waals surface area contributed by atoms with Crippen molar-refractivity contribution < 1.29 is 14.3 Å². The molecule has 0 N–H and O–H groups in total. The van der Waals surface area contributed by atoms with Gasteiger partial charge in [0.1, 0.15) is 5.75 Å². The lowest BCUT2D eigenvalue weighted by Gasteiger charge is -2.34. The number of rotatable bonds is 7. The molecular formula is C29H29N3O3S. The second-order valence-electron chi connectivity index (χ2n) is 8.91. The van der Waals surface area contributed by atoms with Crippen LogP contribution in [0.3, 0.4) is 0 Å². The fraction of sp³-hybridized carbons (Fsp3) is 0.276. The number of nitrogens with zero attached hydrogens (tertiary/aromatic N) is 3. The molecule has 184 valence electrons. The minimum atomic E-state index is -0.294. The number of carbonyl (C=O) groups is 2. The summed E-state index contributed by atoms with van der Waals surface area (Å²) in [6.07, 6.45) is 1.89. The van der Waals surface area contributed by atoms with Crippen molar-refractivity contribution in [1.29, 1.82) is 0 Å². The summed E-state index contributed by atoms with van der Waals surface area (Å²) in [6.45, 7) is 3.62. The molecule has 1 aliphatic heterocycles. The number of thiazole rings is 1. The standard InChI is InChI=1S/C29H29N3O3S/c1-2-35-24-16-14-23(15-17-24)32(29-30-25-12-6-7-13-26(25)36-29)28(34)22-11-8-18-31(20-22)27(33)19-21-9-4-3-5-10-21/h3-7,9-10,12-17,22H,2,8,11,18-20H2,1H3. The zero-order valence-corrected chi connectivity index (χ0v) is 21.1.